The molecule has 9 heteroatoms. The minimum atomic E-state index is -0.669. The van der Waals surface area contributed by atoms with Crippen LogP contribution in [0, 0.1) is 22.6 Å². The minimum absolute atomic E-state index is 0.0854. The quantitative estimate of drug-likeness (QED) is 0.556. The molecule has 7 nitrogen and oxygen atoms in total. The second-order valence-electron chi connectivity index (χ2n) is 9.83. The first-order valence-electron chi connectivity index (χ1n) is 12.1. The van der Waals surface area contributed by atoms with Crippen molar-refractivity contribution in [1.82, 2.24) is 9.80 Å². The number of rotatable bonds is 7. The lowest BCUT2D eigenvalue weighted by Crippen LogP contribution is -2.54. The first kappa shape index (κ1) is 26.1. The highest BCUT2D eigenvalue weighted by molar-refractivity contribution is 6.32. The molecule has 2 aromatic rings. The van der Waals surface area contributed by atoms with Gasteiger partial charge in [-0.25, -0.2) is 4.39 Å². The summed E-state index contributed by atoms with van der Waals surface area (Å²) in [6.07, 6.45) is 0.989. The summed E-state index contributed by atoms with van der Waals surface area (Å²) in [7, 11) is 5.56. The van der Waals surface area contributed by atoms with Crippen molar-refractivity contribution in [3.05, 3.63) is 52.8 Å². The molecule has 1 fully saturated rings. The molecule has 0 N–H and O–H groups in total. The SMILES string of the molecule is COc1cc2c(cc1Cl)N(CCN(C)C)CC(C(=O)N1CCC(C#N)(Cc3ccc(F)cc3)CC1)O2. The molecule has 2 aliphatic heterocycles. The Morgan fingerprint density at radius 3 is 2.58 bits per heavy atom. The highest BCUT2D eigenvalue weighted by atomic mass is 35.5. The van der Waals surface area contributed by atoms with Crippen molar-refractivity contribution < 1.29 is 18.7 Å². The van der Waals surface area contributed by atoms with Gasteiger partial charge in [0.25, 0.3) is 5.91 Å². The Hall–Kier alpha value is -3.02. The van der Waals surface area contributed by atoms with Gasteiger partial charge in [-0.05, 0) is 57.1 Å². The van der Waals surface area contributed by atoms with E-state index >= 15 is 0 Å². The normalized spacial score (nSPS) is 18.9. The van der Waals surface area contributed by atoms with Gasteiger partial charge in [-0.15, -0.1) is 0 Å². The van der Waals surface area contributed by atoms with Crippen LogP contribution in [0.4, 0.5) is 10.1 Å². The molecule has 0 radical (unpaired) electrons. The van der Waals surface area contributed by atoms with Crippen LogP contribution in [0.15, 0.2) is 36.4 Å². The second-order valence-corrected chi connectivity index (χ2v) is 10.2. The van der Waals surface area contributed by atoms with Crippen LogP contribution >= 0.6 is 11.6 Å². The average Bonchev–Trinajstić information content (AvgIpc) is 2.88. The summed E-state index contributed by atoms with van der Waals surface area (Å²) in [5.41, 5.74) is 1.19. The number of benzene rings is 2. The number of hydrogen-bond acceptors (Lipinski definition) is 6. The van der Waals surface area contributed by atoms with Crippen molar-refractivity contribution in [1.29, 1.82) is 5.26 Å². The number of carbonyl (C=O) groups excluding carboxylic acids is 1. The Labute approximate surface area is 216 Å². The lowest BCUT2D eigenvalue weighted by atomic mass is 9.75. The zero-order valence-electron chi connectivity index (χ0n) is 21.0. The number of likely N-dealkylation sites (N-methyl/N-ethyl adjacent to an activating group) is 1. The molecule has 1 unspecified atom stereocenters. The van der Waals surface area contributed by atoms with Crippen LogP contribution in [-0.4, -0.2) is 75.7 Å². The summed E-state index contributed by atoms with van der Waals surface area (Å²) in [5, 5.41) is 10.5. The second kappa shape index (κ2) is 10.9. The smallest absolute Gasteiger partial charge is 0.265 e. The molecule has 2 aromatic carbocycles. The van der Waals surface area contributed by atoms with Crippen LogP contribution in [0.3, 0.4) is 0 Å². The maximum Gasteiger partial charge on any atom is 0.265 e. The highest BCUT2D eigenvalue weighted by Gasteiger charge is 2.40. The van der Waals surface area contributed by atoms with Crippen molar-refractivity contribution in [2.75, 3.05) is 58.8 Å². The summed E-state index contributed by atoms with van der Waals surface area (Å²) >= 11 is 6.38. The molecule has 36 heavy (non-hydrogen) atoms. The first-order chi connectivity index (χ1) is 17.2. The number of nitrogens with zero attached hydrogens (tertiary/aromatic N) is 4. The molecule has 0 aliphatic carbocycles. The van der Waals surface area contributed by atoms with Crippen molar-refractivity contribution in [2.24, 2.45) is 5.41 Å². The van der Waals surface area contributed by atoms with Crippen LogP contribution in [0.25, 0.3) is 0 Å². The van der Waals surface area contributed by atoms with Gasteiger partial charge in [-0.3, -0.25) is 4.79 Å². The third-order valence-electron chi connectivity index (χ3n) is 7.05. The number of carbonyl (C=O) groups is 1. The van der Waals surface area contributed by atoms with E-state index in [1.165, 1.54) is 12.1 Å². The number of amides is 1. The fraction of sp³-hybridized carbons (Fsp3) is 0.481. The number of ether oxygens (including phenoxy) is 2. The van der Waals surface area contributed by atoms with Crippen LogP contribution in [0.5, 0.6) is 11.5 Å². The van der Waals surface area contributed by atoms with Gasteiger partial charge in [0.05, 0.1) is 35.8 Å². The maximum atomic E-state index is 13.5. The largest absolute Gasteiger partial charge is 0.495 e. The number of anilines is 1. The highest BCUT2D eigenvalue weighted by Crippen LogP contribution is 2.41. The minimum Gasteiger partial charge on any atom is -0.495 e. The van der Waals surface area contributed by atoms with Gasteiger partial charge in [-0.2, -0.15) is 5.26 Å². The summed E-state index contributed by atoms with van der Waals surface area (Å²) in [5.74, 6) is 0.685. The first-order valence-corrected chi connectivity index (χ1v) is 12.5. The Morgan fingerprint density at radius 2 is 1.97 bits per heavy atom. The maximum absolute atomic E-state index is 13.5. The molecule has 0 aromatic heterocycles. The molecule has 1 amide bonds. The topological polar surface area (TPSA) is 69.0 Å². The Kier molecular flexibility index (Phi) is 7.91. The van der Waals surface area contributed by atoms with Crippen LogP contribution in [-0.2, 0) is 11.2 Å². The van der Waals surface area contributed by atoms with Crippen molar-refractivity contribution in [3.63, 3.8) is 0 Å². The van der Waals surface area contributed by atoms with Crippen LogP contribution in [0.1, 0.15) is 18.4 Å². The van der Waals surface area contributed by atoms with Crippen molar-refractivity contribution in [3.8, 4) is 17.6 Å². The number of methoxy groups -OCH3 is 1. The summed E-state index contributed by atoms with van der Waals surface area (Å²) in [6, 6.07) is 12.3. The van der Waals surface area contributed by atoms with E-state index < -0.39 is 11.5 Å². The van der Waals surface area contributed by atoms with E-state index in [1.54, 1.807) is 30.2 Å². The Bertz CT molecular complexity index is 1130. The van der Waals surface area contributed by atoms with E-state index in [4.69, 9.17) is 21.1 Å². The zero-order valence-corrected chi connectivity index (χ0v) is 21.7. The fourth-order valence-corrected chi connectivity index (χ4v) is 5.09. The molecule has 0 saturated carbocycles. The van der Waals surface area contributed by atoms with Gasteiger partial charge < -0.3 is 24.2 Å². The Morgan fingerprint density at radius 1 is 1.28 bits per heavy atom. The molecular weight excluding hydrogens is 483 g/mol. The van der Waals surface area contributed by atoms with Gasteiger partial charge in [0.15, 0.2) is 6.10 Å². The van der Waals surface area contributed by atoms with E-state index in [0.717, 1.165) is 17.8 Å². The molecule has 0 spiro atoms. The molecule has 192 valence electrons. The van der Waals surface area contributed by atoms with Crippen molar-refractivity contribution >= 4 is 23.2 Å². The summed E-state index contributed by atoms with van der Waals surface area (Å²) in [6.45, 7) is 2.88. The van der Waals surface area contributed by atoms with E-state index in [0.29, 0.717) is 62.0 Å². The third-order valence-corrected chi connectivity index (χ3v) is 7.34. The number of likely N-dealkylation sites (tertiary alicyclic amines) is 1. The molecule has 1 saturated heterocycles. The number of piperidine rings is 1. The van der Waals surface area contributed by atoms with E-state index in [9.17, 15) is 14.4 Å². The fourth-order valence-electron chi connectivity index (χ4n) is 4.85. The predicted octanol–water partition coefficient (Wildman–Crippen LogP) is 3.99. The molecule has 2 aliphatic rings. The Balaban J connectivity index is 1.47. The van der Waals surface area contributed by atoms with Gasteiger partial charge in [0.2, 0.25) is 0 Å². The molecule has 4 rings (SSSR count). The van der Waals surface area contributed by atoms with E-state index in [2.05, 4.69) is 15.9 Å². The van der Waals surface area contributed by atoms with Gasteiger partial charge in [0, 0.05) is 32.2 Å². The number of fused-ring (bicyclic) bond motifs is 1. The molecule has 2 heterocycles. The lowest BCUT2D eigenvalue weighted by molar-refractivity contribution is -0.140. The zero-order chi connectivity index (χ0) is 25.9. The number of halogens is 2. The van der Waals surface area contributed by atoms with Crippen LogP contribution < -0.4 is 14.4 Å². The standard InChI is InChI=1S/C27H32ClFN4O3/c1-31(2)12-13-33-17-25(36-24-15-23(35-3)21(28)14-22(24)33)26(34)32-10-8-27(18-30,9-11-32)16-19-4-6-20(29)7-5-19/h4-7,14-15,25H,8-13,16-17H2,1-3H3. The summed E-state index contributed by atoms with van der Waals surface area (Å²) in [4.78, 5) is 19.6. The van der Waals surface area contributed by atoms with E-state index in [1.807, 2.05) is 20.2 Å². The molecule has 0 bridgehead atoms. The molecular formula is C27H32ClFN4O3. The van der Waals surface area contributed by atoms with Gasteiger partial charge in [-0.1, -0.05) is 23.7 Å². The van der Waals surface area contributed by atoms with Gasteiger partial charge >= 0.3 is 0 Å². The van der Waals surface area contributed by atoms with Crippen molar-refractivity contribution in [2.45, 2.75) is 25.4 Å². The monoisotopic (exact) mass is 514 g/mol. The third kappa shape index (κ3) is 5.69. The number of hydrogen-bond donors (Lipinski definition) is 0. The van der Waals surface area contributed by atoms with E-state index in [-0.39, 0.29) is 11.7 Å². The van der Waals surface area contributed by atoms with Crippen LogP contribution in [0.2, 0.25) is 5.02 Å². The average molecular weight is 515 g/mol. The predicted molar refractivity (Wildman–Crippen MR) is 137 cm³/mol. The summed E-state index contributed by atoms with van der Waals surface area (Å²) < 4.78 is 24.8. The van der Waals surface area contributed by atoms with Gasteiger partial charge in [0.1, 0.15) is 17.3 Å². The lowest BCUT2D eigenvalue weighted by Gasteiger charge is -2.41. The molecule has 1 atom stereocenters. The number of nitriles is 1.